The molecule has 0 aromatic heterocycles. The number of carbonyl (C=O) groups is 3. The van der Waals surface area contributed by atoms with Gasteiger partial charge in [0, 0.05) is 12.8 Å². The molecule has 0 bridgehead atoms. The van der Waals surface area contributed by atoms with Crippen LogP contribution in [0.3, 0.4) is 0 Å². The van der Waals surface area contributed by atoms with Crippen molar-refractivity contribution < 1.29 is 73.0 Å². The number of aromatic hydroxyl groups is 1. The van der Waals surface area contributed by atoms with Crippen LogP contribution in [0.2, 0.25) is 0 Å². The Morgan fingerprint density at radius 2 is 0.812 bits per heavy atom. The van der Waals surface area contributed by atoms with Crippen LogP contribution >= 0.6 is 0 Å². The molecular weight excluding hydrogens is 1000 g/mol. The molecule has 0 saturated carbocycles. The quantitative estimate of drug-likeness (QED) is 0.0572. The second-order valence-electron chi connectivity index (χ2n) is 19.4. The number of phenolic OH excluding ortho intramolecular Hbond substituents is 1. The van der Waals surface area contributed by atoms with Crippen LogP contribution in [0.4, 0.5) is 0 Å². The van der Waals surface area contributed by atoms with Crippen molar-refractivity contribution in [2.75, 3.05) is 14.2 Å². The molecule has 9 rings (SSSR count). The predicted molar refractivity (Wildman–Crippen MR) is 307 cm³/mol. The van der Waals surface area contributed by atoms with Crippen LogP contribution in [0, 0.1) is 35.5 Å². The van der Waals surface area contributed by atoms with E-state index in [0.29, 0.717) is 0 Å². The molecular formula is C68H73LiO11. The van der Waals surface area contributed by atoms with Gasteiger partial charge in [-0.15, -0.1) is 17.8 Å². The van der Waals surface area contributed by atoms with E-state index in [1.54, 1.807) is 45.0 Å². The summed E-state index contributed by atoms with van der Waals surface area (Å²) in [5.74, 6) is 17.4. The Labute approximate surface area is 484 Å². The van der Waals surface area contributed by atoms with Crippen LogP contribution in [0.15, 0.2) is 146 Å². The molecule has 6 aromatic carbocycles. The molecule has 0 saturated heterocycles. The van der Waals surface area contributed by atoms with Gasteiger partial charge in [-0.25, -0.2) is 0 Å². The molecule has 4 N–H and O–H groups in total. The van der Waals surface area contributed by atoms with Crippen LogP contribution in [0.1, 0.15) is 127 Å². The fourth-order valence-electron chi connectivity index (χ4n) is 9.81. The summed E-state index contributed by atoms with van der Waals surface area (Å²) in [7, 11) is 2.76. The molecule has 12 heteroatoms. The Balaban J connectivity index is 0.000000238. The fraction of sp³-hybridized carbons (Fsp3) is 0.338. The first-order valence-corrected chi connectivity index (χ1v) is 26.7. The van der Waals surface area contributed by atoms with Gasteiger partial charge in [0.2, 0.25) is 0 Å². The van der Waals surface area contributed by atoms with Gasteiger partial charge in [0.15, 0.2) is 0 Å². The minimum Gasteiger partial charge on any atom is -0.870 e. The van der Waals surface area contributed by atoms with Crippen molar-refractivity contribution in [2.45, 2.75) is 134 Å². The van der Waals surface area contributed by atoms with Gasteiger partial charge in [0.25, 0.3) is 0 Å². The number of carbonyl (C=O) groups excluding carboxylic acids is 2. The molecule has 0 spiro atoms. The van der Waals surface area contributed by atoms with Gasteiger partial charge in [-0.2, -0.15) is 0 Å². The number of aryl methyl sites for hydroxylation is 3. The Morgan fingerprint density at radius 1 is 0.487 bits per heavy atom. The van der Waals surface area contributed by atoms with Gasteiger partial charge in [-0.05, 0) is 152 Å². The Morgan fingerprint density at radius 3 is 1.16 bits per heavy atom. The minimum atomic E-state index is -0.839. The number of hydrogen-bond donors (Lipinski definition) is 3. The molecule has 0 fully saturated rings. The third kappa shape index (κ3) is 20.8. The topological polar surface area (TPSA) is 179 Å². The van der Waals surface area contributed by atoms with E-state index in [-0.39, 0.29) is 97.4 Å². The number of carboxylic acids is 1. The zero-order valence-electron chi connectivity index (χ0n) is 47.0. The molecule has 0 heterocycles. The van der Waals surface area contributed by atoms with E-state index < -0.39 is 5.97 Å². The molecule has 3 aliphatic carbocycles. The molecule has 3 unspecified atom stereocenters. The number of fused-ring (bicyclic) bond motifs is 3. The molecule has 0 aliphatic heterocycles. The number of carboxylic acid groups (broad SMARTS) is 1. The summed E-state index contributed by atoms with van der Waals surface area (Å²) in [5.41, 5.74) is 11.2. The van der Waals surface area contributed by atoms with Crippen molar-refractivity contribution in [3.63, 3.8) is 0 Å². The van der Waals surface area contributed by atoms with E-state index in [4.69, 9.17) is 24.4 Å². The van der Waals surface area contributed by atoms with Crippen LogP contribution in [0.25, 0.3) is 0 Å². The standard InChI is InChI=1S/C23H24O3.C22H22O3.C13H14O3.C10H12O.Li.H2O/c1-3-6-19(16-23(24)25-2)18-9-12-21(13-10-18)26-22-14-11-17-7-4-5-8-20(17)15-22;1-2-5-18(15-22(23)24)17-8-11-20(12-9-17)25-21-13-10-16-6-3-4-7-19(16)14-21;1-3-4-11(9-13(15)16-2)10-5-7-12(14)8-6-10;11-10-6-5-8-3-1-2-4-9(8)7-10;;/h4-5,7-10,12-13,19,22H,11,14-16H2,1-2H3;3-4,6-9,11-12,18,21H,10,13-15H2,1H3,(H,23,24);5-8,11,14H,9H2,1-2H3;1-4,10-11H,5-7H2;;1H2/q;;;;+1;/p-1/t19-,22?;18-,21?;11-;;;/m000.../s1. The Hall–Kier alpha value is -7.67. The van der Waals surface area contributed by atoms with Gasteiger partial charge in [0.1, 0.15) is 29.5 Å². The number of benzene rings is 6. The van der Waals surface area contributed by atoms with Gasteiger partial charge in [-0.1, -0.05) is 127 Å². The van der Waals surface area contributed by atoms with Crippen LogP contribution in [-0.2, 0) is 62.4 Å². The number of rotatable bonds is 13. The Kier molecular flexibility index (Phi) is 27.9. The first-order chi connectivity index (χ1) is 37.9. The zero-order chi connectivity index (χ0) is 55.7. The first-order valence-electron chi connectivity index (χ1n) is 26.7. The van der Waals surface area contributed by atoms with Gasteiger partial charge < -0.3 is 39.7 Å². The summed E-state index contributed by atoms with van der Waals surface area (Å²) in [6.07, 6.45) is 9.63. The number of aliphatic hydroxyl groups excluding tert-OH is 1. The number of phenols is 1. The molecule has 6 atom stereocenters. The second kappa shape index (κ2) is 34.4. The third-order valence-corrected chi connectivity index (χ3v) is 13.9. The minimum absolute atomic E-state index is 0. The SMILES string of the molecule is CC#C[C@@H](CC(=O)O)c1ccc(OC2CCc3ccccc3C2)cc1.CC#C[C@@H](CC(=O)OC)c1ccc(O)cc1.CC#C[C@@H](CC(=O)OC)c1ccc(OC2CCc3ccccc3C2)cc1.OC1CCc2ccccc2C1.[Li+].[OH-]. The van der Waals surface area contributed by atoms with Gasteiger partial charge >= 0.3 is 36.8 Å². The number of methoxy groups -OCH3 is 2. The van der Waals surface area contributed by atoms with Crippen molar-refractivity contribution in [3.05, 3.63) is 196 Å². The van der Waals surface area contributed by atoms with Crippen molar-refractivity contribution in [3.8, 4) is 52.8 Å². The fourth-order valence-corrected chi connectivity index (χ4v) is 9.81. The summed E-state index contributed by atoms with van der Waals surface area (Å²) in [6.45, 7) is 5.24. The van der Waals surface area contributed by atoms with Crippen LogP contribution in [-0.4, -0.2) is 71.2 Å². The second-order valence-corrected chi connectivity index (χ2v) is 19.4. The maximum atomic E-state index is 11.6. The van der Waals surface area contributed by atoms with Crippen molar-refractivity contribution in [1.82, 2.24) is 0 Å². The number of esters is 2. The average Bonchev–Trinajstić information content (AvgIpc) is 3.46. The van der Waals surface area contributed by atoms with Crippen molar-refractivity contribution >= 4 is 17.9 Å². The molecule has 11 nitrogen and oxygen atoms in total. The summed E-state index contributed by atoms with van der Waals surface area (Å²) in [6, 6.07) is 47.8. The zero-order valence-corrected chi connectivity index (χ0v) is 47.0. The van der Waals surface area contributed by atoms with Gasteiger partial charge in [0.05, 0.1) is 57.3 Å². The summed E-state index contributed by atoms with van der Waals surface area (Å²) in [5, 5.41) is 27.6. The number of aliphatic carboxylic acids is 1. The molecule has 0 amide bonds. The monoisotopic (exact) mass is 1070 g/mol. The van der Waals surface area contributed by atoms with Gasteiger partial charge in [-0.3, -0.25) is 14.4 Å². The average molecular weight is 1070 g/mol. The van der Waals surface area contributed by atoms with Crippen LogP contribution < -0.4 is 28.3 Å². The van der Waals surface area contributed by atoms with E-state index in [2.05, 4.69) is 107 Å². The summed E-state index contributed by atoms with van der Waals surface area (Å²) >= 11 is 0. The van der Waals surface area contributed by atoms with E-state index in [0.717, 1.165) is 86.0 Å². The van der Waals surface area contributed by atoms with Crippen LogP contribution in [0.5, 0.6) is 17.2 Å². The van der Waals surface area contributed by atoms with Crippen molar-refractivity contribution in [2.24, 2.45) is 0 Å². The number of aliphatic hydroxyl groups is 1. The maximum absolute atomic E-state index is 11.6. The molecule has 412 valence electrons. The molecule has 80 heavy (non-hydrogen) atoms. The largest absolute Gasteiger partial charge is 1.00 e. The van der Waals surface area contributed by atoms with E-state index in [9.17, 15) is 19.5 Å². The molecule has 0 radical (unpaired) electrons. The van der Waals surface area contributed by atoms with E-state index in [1.807, 2.05) is 54.6 Å². The third-order valence-electron chi connectivity index (χ3n) is 13.9. The summed E-state index contributed by atoms with van der Waals surface area (Å²) in [4.78, 5) is 33.8. The first kappa shape index (κ1) is 64.8. The van der Waals surface area contributed by atoms with Crippen molar-refractivity contribution in [1.29, 1.82) is 0 Å². The summed E-state index contributed by atoms with van der Waals surface area (Å²) < 4.78 is 21.7. The molecule has 3 aliphatic rings. The smallest absolute Gasteiger partial charge is 0.870 e. The predicted octanol–water partition coefficient (Wildman–Crippen LogP) is 8.92. The normalized spacial score (nSPS) is 16.1. The van der Waals surface area contributed by atoms with E-state index in [1.165, 1.54) is 47.6 Å². The molecule has 6 aromatic rings. The van der Waals surface area contributed by atoms with E-state index >= 15 is 0 Å². The maximum Gasteiger partial charge on any atom is 1.00 e. The number of hydrogen-bond acceptors (Lipinski definition) is 10. The number of ether oxygens (including phenoxy) is 4. The Bertz CT molecular complexity index is 3080.